The molecular weight excluding hydrogens is 384 g/mol. The van der Waals surface area contributed by atoms with Crippen LogP contribution in [-0.4, -0.2) is 42.1 Å². The average molecular weight is 412 g/mol. The van der Waals surface area contributed by atoms with Crippen molar-refractivity contribution in [2.75, 3.05) is 13.1 Å². The van der Waals surface area contributed by atoms with Crippen LogP contribution < -0.4 is 21.8 Å². The van der Waals surface area contributed by atoms with E-state index in [1.54, 1.807) is 24.3 Å². The van der Waals surface area contributed by atoms with E-state index in [0.717, 1.165) is 28.7 Å². The van der Waals surface area contributed by atoms with Crippen molar-refractivity contribution in [1.82, 2.24) is 16.1 Å². The van der Waals surface area contributed by atoms with Gasteiger partial charge in [-0.3, -0.25) is 19.6 Å². The summed E-state index contributed by atoms with van der Waals surface area (Å²) in [6.07, 6.45) is 1.24. The molecule has 160 valence electrons. The third-order valence-electron chi connectivity index (χ3n) is 4.71. The summed E-state index contributed by atoms with van der Waals surface area (Å²) < 4.78 is 0. The molecule has 8 nitrogen and oxygen atoms in total. The van der Waals surface area contributed by atoms with Crippen LogP contribution in [0.15, 0.2) is 42.5 Å². The Balaban J connectivity index is 2.08. The third-order valence-corrected chi connectivity index (χ3v) is 4.71. The molecule has 0 spiro atoms. The second-order valence-electron chi connectivity index (χ2n) is 6.98. The molecule has 0 aromatic heterocycles. The van der Waals surface area contributed by atoms with Crippen LogP contribution in [0.4, 0.5) is 0 Å². The molecule has 0 saturated heterocycles. The quantitative estimate of drug-likeness (QED) is 0.313. The van der Waals surface area contributed by atoms with Crippen molar-refractivity contribution < 1.29 is 19.6 Å². The highest BCUT2D eigenvalue weighted by atomic mass is 16.5. The number of hydroxylamine groups is 1. The molecule has 0 fully saturated rings. The van der Waals surface area contributed by atoms with E-state index >= 15 is 0 Å². The fraction of sp³-hybridized carbons (Fsp3) is 0.318. The number of hydrogen-bond acceptors (Lipinski definition) is 5. The zero-order chi connectivity index (χ0) is 22.1. The van der Waals surface area contributed by atoms with Crippen molar-refractivity contribution in [2.24, 2.45) is 5.73 Å². The highest BCUT2D eigenvalue weighted by molar-refractivity contribution is 5.97. The summed E-state index contributed by atoms with van der Waals surface area (Å²) in [4.78, 5) is 35.7. The topological polar surface area (TPSA) is 134 Å². The van der Waals surface area contributed by atoms with Crippen LogP contribution in [0.25, 0.3) is 11.1 Å². The maximum absolute atomic E-state index is 12.3. The predicted molar refractivity (Wildman–Crippen MR) is 114 cm³/mol. The largest absolute Gasteiger partial charge is 0.356 e. The van der Waals surface area contributed by atoms with Crippen molar-refractivity contribution >= 4 is 17.7 Å². The summed E-state index contributed by atoms with van der Waals surface area (Å²) in [6.45, 7) is 4.51. The molecule has 0 aliphatic heterocycles. The number of hydrogen-bond donors (Lipinski definition) is 5. The van der Waals surface area contributed by atoms with Gasteiger partial charge in [-0.25, -0.2) is 5.48 Å². The fourth-order valence-electron chi connectivity index (χ4n) is 2.94. The number of nitrogens with one attached hydrogen (secondary N) is 3. The van der Waals surface area contributed by atoms with Crippen LogP contribution in [0.5, 0.6) is 0 Å². The van der Waals surface area contributed by atoms with Gasteiger partial charge in [0.1, 0.15) is 6.04 Å². The number of carbonyl (C=O) groups is 3. The lowest BCUT2D eigenvalue weighted by atomic mass is 9.97. The maximum atomic E-state index is 12.3. The zero-order valence-electron chi connectivity index (χ0n) is 17.2. The van der Waals surface area contributed by atoms with E-state index in [4.69, 9.17) is 10.9 Å². The Morgan fingerprint density at radius 3 is 2.30 bits per heavy atom. The molecular formula is C22H28N4O4. The van der Waals surface area contributed by atoms with Crippen LogP contribution >= 0.6 is 0 Å². The smallest absolute Gasteiger partial charge is 0.267 e. The molecule has 30 heavy (non-hydrogen) atoms. The van der Waals surface area contributed by atoms with Crippen LogP contribution in [0.1, 0.15) is 34.8 Å². The minimum Gasteiger partial charge on any atom is -0.356 e. The summed E-state index contributed by atoms with van der Waals surface area (Å²) in [5.74, 6) is -1.24. The second-order valence-corrected chi connectivity index (χ2v) is 6.98. The highest BCUT2D eigenvalue weighted by Crippen LogP contribution is 2.23. The fourth-order valence-corrected chi connectivity index (χ4v) is 2.94. The van der Waals surface area contributed by atoms with Gasteiger partial charge in [0.2, 0.25) is 5.91 Å². The minimum atomic E-state index is -1.02. The van der Waals surface area contributed by atoms with Gasteiger partial charge in [-0.05, 0) is 47.7 Å². The van der Waals surface area contributed by atoms with Gasteiger partial charge in [-0.2, -0.15) is 0 Å². The normalized spacial score (nSPS) is 11.5. The summed E-state index contributed by atoms with van der Waals surface area (Å²) >= 11 is 0. The summed E-state index contributed by atoms with van der Waals surface area (Å²) in [5, 5.41) is 14.0. The summed E-state index contributed by atoms with van der Waals surface area (Å²) in [5.41, 5.74) is 11.2. The van der Waals surface area contributed by atoms with Gasteiger partial charge >= 0.3 is 0 Å². The van der Waals surface area contributed by atoms with E-state index in [1.807, 2.05) is 32.0 Å². The summed E-state index contributed by atoms with van der Waals surface area (Å²) in [6, 6.07) is 11.8. The van der Waals surface area contributed by atoms with Gasteiger partial charge in [0.05, 0.1) is 6.42 Å². The first-order chi connectivity index (χ1) is 14.4. The van der Waals surface area contributed by atoms with Gasteiger partial charge in [-0.15, -0.1) is 0 Å². The number of benzene rings is 2. The van der Waals surface area contributed by atoms with Crippen molar-refractivity contribution in [2.45, 2.75) is 32.7 Å². The van der Waals surface area contributed by atoms with E-state index in [2.05, 4.69) is 10.6 Å². The van der Waals surface area contributed by atoms with Gasteiger partial charge in [0.25, 0.3) is 11.8 Å². The van der Waals surface area contributed by atoms with Crippen LogP contribution in [0.3, 0.4) is 0 Å². The van der Waals surface area contributed by atoms with Crippen molar-refractivity contribution in [3.8, 4) is 11.1 Å². The number of rotatable bonds is 9. The van der Waals surface area contributed by atoms with E-state index in [1.165, 1.54) is 5.48 Å². The second kappa shape index (κ2) is 11.1. The maximum Gasteiger partial charge on any atom is 0.267 e. The van der Waals surface area contributed by atoms with E-state index in [-0.39, 0.29) is 12.5 Å². The minimum absolute atomic E-state index is 0.00808. The Kier molecular flexibility index (Phi) is 8.52. The van der Waals surface area contributed by atoms with E-state index in [0.29, 0.717) is 18.5 Å². The molecule has 2 aromatic rings. The zero-order valence-corrected chi connectivity index (χ0v) is 17.2. The Morgan fingerprint density at radius 2 is 1.73 bits per heavy atom. The molecule has 0 heterocycles. The van der Waals surface area contributed by atoms with Crippen LogP contribution in [-0.2, 0) is 16.0 Å². The molecule has 2 rings (SSSR count). The number of aryl methyl sites for hydroxylation is 1. The Bertz CT molecular complexity index is 897. The summed E-state index contributed by atoms with van der Waals surface area (Å²) in [7, 11) is 0. The molecule has 3 amide bonds. The standard InChI is InChI=1S/C22H28N4O4/c1-3-10-24-20(27)12-17-8-9-18(11-14(17)2)15-4-6-16(7-5-15)21(28)25-19(13-23)22(29)26-30/h4-9,11,19,30H,3,10,12-13,23H2,1-2H3,(H,24,27)(H,25,28)(H,26,29)/t19-/m0/s1. The molecule has 0 aliphatic rings. The molecule has 8 heteroatoms. The first-order valence-electron chi connectivity index (χ1n) is 9.81. The van der Waals surface area contributed by atoms with Gasteiger partial charge in [0.15, 0.2) is 0 Å². The average Bonchev–Trinajstić information content (AvgIpc) is 2.76. The lowest BCUT2D eigenvalue weighted by Gasteiger charge is -2.14. The molecule has 6 N–H and O–H groups in total. The molecule has 0 bridgehead atoms. The van der Waals surface area contributed by atoms with E-state index < -0.39 is 17.9 Å². The Hall–Kier alpha value is -3.23. The van der Waals surface area contributed by atoms with Gasteiger partial charge < -0.3 is 16.4 Å². The lowest BCUT2D eigenvalue weighted by Crippen LogP contribution is -2.50. The first kappa shape index (κ1) is 23.1. The molecule has 0 saturated carbocycles. The number of amides is 3. The SMILES string of the molecule is CCCNC(=O)Cc1ccc(-c2ccc(C(=O)N[C@@H](CN)C(=O)NO)cc2)cc1C. The molecule has 0 unspecified atom stereocenters. The third kappa shape index (κ3) is 6.13. The van der Waals surface area contributed by atoms with Crippen molar-refractivity contribution in [3.05, 3.63) is 59.2 Å². The van der Waals surface area contributed by atoms with Crippen molar-refractivity contribution in [1.29, 1.82) is 0 Å². The highest BCUT2D eigenvalue weighted by Gasteiger charge is 2.19. The van der Waals surface area contributed by atoms with E-state index in [9.17, 15) is 14.4 Å². The number of carbonyl (C=O) groups excluding carboxylic acids is 3. The Labute approximate surface area is 175 Å². The predicted octanol–water partition coefficient (Wildman–Crippen LogP) is 1.29. The van der Waals surface area contributed by atoms with Gasteiger partial charge in [-0.1, -0.05) is 37.3 Å². The van der Waals surface area contributed by atoms with Crippen LogP contribution in [0, 0.1) is 6.92 Å². The first-order valence-corrected chi connectivity index (χ1v) is 9.81. The monoisotopic (exact) mass is 412 g/mol. The lowest BCUT2D eigenvalue weighted by molar-refractivity contribution is -0.130. The van der Waals surface area contributed by atoms with Gasteiger partial charge in [0, 0.05) is 18.7 Å². The Morgan fingerprint density at radius 1 is 1.07 bits per heavy atom. The van der Waals surface area contributed by atoms with Crippen molar-refractivity contribution in [3.63, 3.8) is 0 Å². The number of nitrogens with two attached hydrogens (primary N) is 1. The van der Waals surface area contributed by atoms with Crippen LogP contribution in [0.2, 0.25) is 0 Å². The molecule has 1 atom stereocenters. The molecule has 0 aliphatic carbocycles. The molecule has 2 aromatic carbocycles. The molecule has 0 radical (unpaired) electrons.